The number of aromatic nitrogens is 2. The van der Waals surface area contributed by atoms with Crippen molar-refractivity contribution in [3.05, 3.63) is 57.8 Å². The van der Waals surface area contributed by atoms with Crippen LogP contribution in [0.5, 0.6) is 0 Å². The number of hydrogen-bond acceptors (Lipinski definition) is 3. The van der Waals surface area contributed by atoms with Crippen molar-refractivity contribution < 1.29 is 4.39 Å². The highest BCUT2D eigenvalue weighted by molar-refractivity contribution is 9.10. The van der Waals surface area contributed by atoms with Gasteiger partial charge in [-0.05, 0) is 43.0 Å². The van der Waals surface area contributed by atoms with E-state index in [0.29, 0.717) is 17.3 Å². The second kappa shape index (κ2) is 4.34. The van der Waals surface area contributed by atoms with E-state index in [1.54, 1.807) is 23.1 Å². The Labute approximate surface area is 130 Å². The zero-order valence-electron chi connectivity index (χ0n) is 11.2. The molecule has 2 aromatic rings. The third kappa shape index (κ3) is 1.82. The maximum Gasteiger partial charge on any atom is 0.129 e. The van der Waals surface area contributed by atoms with Crippen molar-refractivity contribution >= 4 is 22.1 Å². The first kappa shape index (κ1) is 12.9. The summed E-state index contributed by atoms with van der Waals surface area (Å²) in [6.45, 7) is 0. The Kier molecular flexibility index (Phi) is 2.66. The van der Waals surface area contributed by atoms with Gasteiger partial charge >= 0.3 is 0 Å². The second-order valence-electron chi connectivity index (χ2n) is 5.58. The third-order valence-corrected chi connectivity index (χ3v) is 4.71. The number of benzene rings is 1. The summed E-state index contributed by atoms with van der Waals surface area (Å²) in [7, 11) is 0. The predicted octanol–water partition coefficient (Wildman–Crippen LogP) is 2.76. The number of fused-ring (bicyclic) bond motifs is 1. The molecule has 2 aliphatic rings. The molecule has 4 nitrogen and oxygen atoms in total. The van der Waals surface area contributed by atoms with Crippen molar-refractivity contribution in [2.45, 2.75) is 18.4 Å². The number of hydrogen-bond donors (Lipinski definition) is 2. The van der Waals surface area contributed by atoms with Gasteiger partial charge in [0.25, 0.3) is 0 Å². The molecule has 3 N–H and O–H groups in total. The van der Waals surface area contributed by atoms with Gasteiger partial charge in [-0.1, -0.05) is 15.9 Å². The van der Waals surface area contributed by atoms with Crippen LogP contribution in [0.1, 0.15) is 24.1 Å². The van der Waals surface area contributed by atoms with E-state index in [1.165, 1.54) is 6.07 Å². The summed E-state index contributed by atoms with van der Waals surface area (Å²) in [4.78, 5) is 0. The molecule has 4 rings (SSSR count). The number of nitrogens with one attached hydrogen (secondary N) is 1. The Balaban J connectivity index is 2.01. The van der Waals surface area contributed by atoms with Crippen molar-refractivity contribution in [2.24, 2.45) is 11.7 Å². The van der Waals surface area contributed by atoms with E-state index in [-0.39, 0.29) is 5.82 Å². The maximum atomic E-state index is 14.6. The van der Waals surface area contributed by atoms with Gasteiger partial charge in [-0.15, -0.1) is 0 Å². The molecule has 0 amide bonds. The first-order valence-electron chi connectivity index (χ1n) is 6.86. The summed E-state index contributed by atoms with van der Waals surface area (Å²) >= 11 is 3.44. The zero-order valence-corrected chi connectivity index (χ0v) is 12.8. The van der Waals surface area contributed by atoms with Crippen LogP contribution in [0.2, 0.25) is 0 Å². The van der Waals surface area contributed by atoms with Crippen LogP contribution in [0.15, 0.2) is 40.8 Å². The van der Waals surface area contributed by atoms with Gasteiger partial charge in [0, 0.05) is 16.2 Å². The van der Waals surface area contributed by atoms with E-state index in [9.17, 15) is 4.39 Å². The predicted molar refractivity (Wildman–Crippen MR) is 81.4 cm³/mol. The Hall–Kier alpha value is -1.82. The molecule has 0 radical (unpaired) electrons. The lowest BCUT2D eigenvalue weighted by Crippen LogP contribution is -2.50. The van der Waals surface area contributed by atoms with Gasteiger partial charge in [0.1, 0.15) is 17.2 Å². The highest BCUT2D eigenvalue weighted by Gasteiger charge is 2.52. The van der Waals surface area contributed by atoms with Crippen molar-refractivity contribution in [2.75, 3.05) is 0 Å². The molecule has 2 heterocycles. The molecule has 1 saturated carbocycles. The Bertz CT molecular complexity index is 750. The minimum atomic E-state index is -0.650. The number of nitrogens with zero attached hydrogens (tertiary/aromatic N) is 2. The average molecular weight is 349 g/mol. The molecule has 108 valence electrons. The summed E-state index contributed by atoms with van der Waals surface area (Å²) < 4.78 is 17.2. The molecule has 1 aromatic heterocycles. The van der Waals surface area contributed by atoms with Gasteiger partial charge in [0.2, 0.25) is 0 Å². The molecule has 0 spiro atoms. The molecule has 0 bridgehead atoms. The van der Waals surface area contributed by atoms with E-state index in [1.807, 2.05) is 12.1 Å². The van der Waals surface area contributed by atoms with Crippen molar-refractivity contribution in [1.29, 1.82) is 0 Å². The molecule has 1 aromatic carbocycles. The van der Waals surface area contributed by atoms with Crippen LogP contribution in [-0.4, -0.2) is 9.78 Å². The van der Waals surface area contributed by atoms with E-state index >= 15 is 0 Å². The van der Waals surface area contributed by atoms with Crippen LogP contribution in [0.4, 0.5) is 4.39 Å². The first-order chi connectivity index (χ1) is 10.1. The van der Waals surface area contributed by atoms with Crippen molar-refractivity contribution in [3.63, 3.8) is 0 Å². The maximum absolute atomic E-state index is 14.6. The van der Waals surface area contributed by atoms with E-state index < -0.39 is 5.54 Å². The fraction of sp³-hybridized carbons (Fsp3) is 0.267. The molecule has 1 fully saturated rings. The Morgan fingerprint density at radius 3 is 2.95 bits per heavy atom. The fourth-order valence-corrected chi connectivity index (χ4v) is 3.60. The summed E-state index contributed by atoms with van der Waals surface area (Å²) in [5, 5.41) is 7.61. The van der Waals surface area contributed by atoms with Crippen molar-refractivity contribution in [3.8, 4) is 0 Å². The molecular formula is C15H14BrFN4. The molecule has 21 heavy (non-hydrogen) atoms. The summed E-state index contributed by atoms with van der Waals surface area (Å²) in [6, 6.07) is 6.95. The topological polar surface area (TPSA) is 55.9 Å². The lowest BCUT2D eigenvalue weighted by molar-refractivity contribution is 0.341. The van der Waals surface area contributed by atoms with Crippen LogP contribution < -0.4 is 11.1 Å². The second-order valence-corrected chi connectivity index (χ2v) is 6.49. The molecule has 1 aliphatic heterocycles. The standard InChI is InChI=1S/C15H14BrFN4/c16-10-3-4-12(17)11(7-10)15(9-1-2-9)13-5-6-19-21(13)8-14(18)20-15/h3-9,20H,1-2,18H2. The molecule has 0 saturated heterocycles. The van der Waals surface area contributed by atoms with E-state index in [2.05, 4.69) is 26.3 Å². The summed E-state index contributed by atoms with van der Waals surface area (Å²) in [6.07, 6.45) is 5.53. The normalized spacial score (nSPS) is 24.2. The quantitative estimate of drug-likeness (QED) is 0.877. The summed E-state index contributed by atoms with van der Waals surface area (Å²) in [5.41, 5.74) is 6.92. The minimum Gasteiger partial charge on any atom is -0.384 e. The van der Waals surface area contributed by atoms with Gasteiger partial charge in [-0.2, -0.15) is 5.10 Å². The first-order valence-corrected chi connectivity index (χ1v) is 7.65. The number of halogens is 2. The molecule has 1 atom stereocenters. The van der Waals surface area contributed by atoms with E-state index in [4.69, 9.17) is 5.73 Å². The zero-order chi connectivity index (χ0) is 14.6. The fourth-order valence-electron chi connectivity index (χ4n) is 3.24. The van der Waals surface area contributed by atoms with Gasteiger partial charge in [0.05, 0.1) is 11.9 Å². The molecular weight excluding hydrogens is 335 g/mol. The van der Waals surface area contributed by atoms with Gasteiger partial charge in [-0.25, -0.2) is 9.07 Å². The molecule has 1 aliphatic carbocycles. The largest absolute Gasteiger partial charge is 0.384 e. The number of nitrogens with two attached hydrogens (primary N) is 1. The highest BCUT2D eigenvalue weighted by atomic mass is 79.9. The van der Waals surface area contributed by atoms with Gasteiger partial charge < -0.3 is 11.1 Å². The SMILES string of the molecule is NC1=Cn2nccc2C(c2cc(Br)ccc2F)(C2CC2)N1. The molecule has 1 unspecified atom stereocenters. The third-order valence-electron chi connectivity index (χ3n) is 4.22. The Morgan fingerprint density at radius 1 is 1.38 bits per heavy atom. The van der Waals surface area contributed by atoms with Crippen molar-refractivity contribution in [1.82, 2.24) is 15.1 Å². The van der Waals surface area contributed by atoms with Crippen LogP contribution in [0, 0.1) is 11.7 Å². The summed E-state index contributed by atoms with van der Waals surface area (Å²) in [5.74, 6) is 0.571. The average Bonchev–Trinajstić information content (AvgIpc) is 3.20. The van der Waals surface area contributed by atoms with Gasteiger partial charge in [0.15, 0.2) is 0 Å². The minimum absolute atomic E-state index is 0.236. The smallest absolute Gasteiger partial charge is 0.129 e. The van der Waals surface area contributed by atoms with Gasteiger partial charge in [-0.3, -0.25) is 0 Å². The number of rotatable bonds is 2. The lowest BCUT2D eigenvalue weighted by Gasteiger charge is -2.39. The monoisotopic (exact) mass is 348 g/mol. The lowest BCUT2D eigenvalue weighted by atomic mass is 9.80. The van der Waals surface area contributed by atoms with Crippen LogP contribution in [-0.2, 0) is 5.54 Å². The van der Waals surface area contributed by atoms with Crippen LogP contribution in [0.3, 0.4) is 0 Å². The van der Waals surface area contributed by atoms with Crippen LogP contribution >= 0.6 is 15.9 Å². The Morgan fingerprint density at radius 2 is 2.19 bits per heavy atom. The van der Waals surface area contributed by atoms with E-state index in [0.717, 1.165) is 23.0 Å². The van der Waals surface area contributed by atoms with Crippen LogP contribution in [0.25, 0.3) is 6.20 Å². The molecule has 6 heteroatoms. The highest BCUT2D eigenvalue weighted by Crippen LogP contribution is 2.51.